The van der Waals surface area contributed by atoms with Crippen LogP contribution in [0.25, 0.3) is 33.7 Å². The Morgan fingerprint density at radius 2 is 1.91 bits per heavy atom. The lowest BCUT2D eigenvalue weighted by atomic mass is 9.95. The molecule has 3 heterocycles. The average Bonchev–Trinajstić information content (AvgIpc) is 3.15. The van der Waals surface area contributed by atoms with Crippen LogP contribution in [0.1, 0.15) is 25.1 Å². The summed E-state index contributed by atoms with van der Waals surface area (Å²) < 4.78 is 20.6. The zero-order valence-corrected chi connectivity index (χ0v) is 18.2. The van der Waals surface area contributed by atoms with E-state index < -0.39 is 17.2 Å². The van der Waals surface area contributed by atoms with Gasteiger partial charge in [-0.15, -0.1) is 0 Å². The Hall–Kier alpha value is -3.81. The van der Waals surface area contributed by atoms with Crippen LogP contribution in [-0.4, -0.2) is 37.6 Å². The van der Waals surface area contributed by atoms with E-state index in [0.717, 1.165) is 22.3 Å². The van der Waals surface area contributed by atoms with Gasteiger partial charge in [-0.2, -0.15) is 0 Å². The second kappa shape index (κ2) is 8.03. The summed E-state index contributed by atoms with van der Waals surface area (Å²) in [6.45, 7) is 6.85. The number of hydrogen-bond donors (Lipinski definition) is 2. The van der Waals surface area contributed by atoms with Crippen molar-refractivity contribution in [2.75, 3.05) is 6.61 Å². The summed E-state index contributed by atoms with van der Waals surface area (Å²) in [4.78, 5) is 27.4. The van der Waals surface area contributed by atoms with E-state index in [1.807, 2.05) is 32.0 Å². The van der Waals surface area contributed by atoms with E-state index in [0.29, 0.717) is 28.5 Å². The molecule has 0 atom stereocenters. The van der Waals surface area contributed by atoms with Gasteiger partial charge in [-0.25, -0.2) is 19.3 Å². The number of H-pyrrole nitrogens is 1. The molecule has 4 rings (SSSR count). The van der Waals surface area contributed by atoms with Crippen molar-refractivity contribution in [1.29, 1.82) is 0 Å². The van der Waals surface area contributed by atoms with E-state index in [9.17, 15) is 14.3 Å². The lowest BCUT2D eigenvalue weighted by Gasteiger charge is -2.19. The van der Waals surface area contributed by atoms with Crippen LogP contribution in [0.3, 0.4) is 0 Å². The molecule has 1 aromatic carbocycles. The Bertz CT molecular complexity index is 1330. The molecule has 0 aliphatic rings. The molecule has 0 aliphatic heterocycles. The van der Waals surface area contributed by atoms with Gasteiger partial charge < -0.3 is 14.8 Å². The minimum Gasteiger partial charge on any atom is -0.481 e. The largest absolute Gasteiger partial charge is 0.481 e. The van der Waals surface area contributed by atoms with E-state index in [1.54, 1.807) is 32.2 Å². The van der Waals surface area contributed by atoms with Crippen LogP contribution in [0.5, 0.6) is 5.88 Å². The molecule has 0 unspecified atom stereocenters. The van der Waals surface area contributed by atoms with Crippen molar-refractivity contribution in [2.24, 2.45) is 5.41 Å². The van der Waals surface area contributed by atoms with Crippen LogP contribution >= 0.6 is 0 Å². The quantitative estimate of drug-likeness (QED) is 0.446. The molecule has 2 N–H and O–H groups in total. The van der Waals surface area contributed by atoms with Crippen molar-refractivity contribution in [1.82, 2.24) is 19.9 Å². The number of halogens is 1. The Morgan fingerprint density at radius 3 is 2.59 bits per heavy atom. The van der Waals surface area contributed by atoms with Gasteiger partial charge in [0.15, 0.2) is 5.65 Å². The number of rotatable bonds is 6. The molecule has 3 aromatic heterocycles. The van der Waals surface area contributed by atoms with Gasteiger partial charge in [0, 0.05) is 23.0 Å². The third kappa shape index (κ3) is 4.16. The Balaban J connectivity index is 1.58. The van der Waals surface area contributed by atoms with Gasteiger partial charge in [0.05, 0.1) is 16.5 Å². The second-order valence-corrected chi connectivity index (χ2v) is 8.43. The minimum absolute atomic E-state index is 0.00920. The molecular formula is C24H23FN4O3. The lowest BCUT2D eigenvalue weighted by molar-refractivity contribution is -0.148. The van der Waals surface area contributed by atoms with E-state index in [4.69, 9.17) is 4.74 Å². The number of aromatic nitrogens is 4. The van der Waals surface area contributed by atoms with Crippen LogP contribution in [0.2, 0.25) is 0 Å². The SMILES string of the molecule is Cc1ccc2[nH]c(-c3ccc(-c4cnc(OCC(C)(C)C(=O)O)c(C)c4)cc3F)nc2n1. The molecule has 7 nitrogen and oxygen atoms in total. The van der Waals surface area contributed by atoms with Gasteiger partial charge in [-0.05, 0) is 63.6 Å². The third-order valence-corrected chi connectivity index (χ3v) is 5.22. The lowest BCUT2D eigenvalue weighted by Crippen LogP contribution is -2.31. The highest BCUT2D eigenvalue weighted by atomic mass is 19.1. The average molecular weight is 434 g/mol. The molecule has 0 saturated carbocycles. The number of aliphatic carboxylic acids is 1. The number of fused-ring (bicyclic) bond motifs is 1. The summed E-state index contributed by atoms with van der Waals surface area (Å²) in [7, 11) is 0. The zero-order valence-electron chi connectivity index (χ0n) is 18.2. The molecule has 0 fully saturated rings. The van der Waals surface area contributed by atoms with E-state index in [2.05, 4.69) is 19.9 Å². The predicted octanol–water partition coefficient (Wildman–Crippen LogP) is 4.93. The van der Waals surface area contributed by atoms with Crippen molar-refractivity contribution in [2.45, 2.75) is 27.7 Å². The number of nitrogens with one attached hydrogen (secondary N) is 1. The van der Waals surface area contributed by atoms with E-state index in [-0.39, 0.29) is 6.61 Å². The minimum atomic E-state index is -1.03. The van der Waals surface area contributed by atoms with E-state index in [1.165, 1.54) is 6.07 Å². The number of pyridine rings is 2. The topological polar surface area (TPSA) is 101 Å². The van der Waals surface area contributed by atoms with Crippen LogP contribution in [0, 0.1) is 25.1 Å². The number of carbonyl (C=O) groups is 1. The number of benzene rings is 1. The van der Waals surface area contributed by atoms with Crippen molar-refractivity contribution in [3.8, 4) is 28.4 Å². The summed E-state index contributed by atoms with van der Waals surface area (Å²) in [6, 6.07) is 10.5. The first-order valence-electron chi connectivity index (χ1n) is 10.1. The van der Waals surface area contributed by atoms with Gasteiger partial charge in [-0.1, -0.05) is 6.07 Å². The van der Waals surface area contributed by atoms with Crippen molar-refractivity contribution in [3.63, 3.8) is 0 Å². The number of ether oxygens (including phenoxy) is 1. The molecule has 32 heavy (non-hydrogen) atoms. The zero-order chi connectivity index (χ0) is 23.0. The molecule has 0 bridgehead atoms. The number of carboxylic acid groups (broad SMARTS) is 1. The standard InChI is InChI=1S/C24H23FN4O3/c1-13-9-16(11-26-22(13)32-12-24(3,4)23(30)31)15-6-7-17(18(25)10-15)20-28-19-8-5-14(2)27-21(19)29-20/h5-11H,12H2,1-4H3,(H,30,31)(H,27,28,29). The fourth-order valence-electron chi connectivity index (χ4n) is 3.18. The Kier molecular flexibility index (Phi) is 5.38. The highest BCUT2D eigenvalue weighted by molar-refractivity contribution is 5.77. The molecule has 164 valence electrons. The van der Waals surface area contributed by atoms with Gasteiger partial charge in [0.2, 0.25) is 5.88 Å². The maximum Gasteiger partial charge on any atom is 0.312 e. The maximum absolute atomic E-state index is 15.0. The smallest absolute Gasteiger partial charge is 0.312 e. The predicted molar refractivity (Wildman–Crippen MR) is 119 cm³/mol. The maximum atomic E-state index is 15.0. The molecule has 0 saturated heterocycles. The second-order valence-electron chi connectivity index (χ2n) is 8.43. The summed E-state index contributed by atoms with van der Waals surface area (Å²) in [6.07, 6.45) is 1.58. The van der Waals surface area contributed by atoms with Gasteiger partial charge in [0.1, 0.15) is 18.2 Å². The Morgan fingerprint density at radius 1 is 1.12 bits per heavy atom. The van der Waals surface area contributed by atoms with Crippen LogP contribution in [0.15, 0.2) is 42.6 Å². The molecule has 4 aromatic rings. The van der Waals surface area contributed by atoms with Gasteiger partial charge in [0.25, 0.3) is 0 Å². The van der Waals surface area contributed by atoms with Crippen molar-refractivity contribution < 1.29 is 19.0 Å². The number of nitrogens with zero attached hydrogens (tertiary/aromatic N) is 3. The summed E-state index contributed by atoms with van der Waals surface area (Å²) in [5, 5.41) is 9.22. The van der Waals surface area contributed by atoms with Crippen molar-refractivity contribution in [3.05, 3.63) is 59.7 Å². The number of hydrogen-bond acceptors (Lipinski definition) is 5. The molecule has 0 aliphatic carbocycles. The van der Waals surface area contributed by atoms with Crippen LogP contribution in [0.4, 0.5) is 4.39 Å². The van der Waals surface area contributed by atoms with E-state index >= 15 is 0 Å². The highest BCUT2D eigenvalue weighted by Gasteiger charge is 2.28. The number of carboxylic acids is 1. The van der Waals surface area contributed by atoms with Gasteiger partial charge >= 0.3 is 5.97 Å². The third-order valence-electron chi connectivity index (χ3n) is 5.22. The first-order valence-corrected chi connectivity index (χ1v) is 10.1. The molecule has 0 amide bonds. The molecule has 0 spiro atoms. The fraction of sp³-hybridized carbons (Fsp3) is 0.250. The first kappa shape index (κ1) is 21.4. The van der Waals surface area contributed by atoms with Crippen molar-refractivity contribution >= 4 is 17.1 Å². The fourth-order valence-corrected chi connectivity index (χ4v) is 3.18. The molecule has 8 heteroatoms. The monoisotopic (exact) mass is 434 g/mol. The Labute approximate surface area is 184 Å². The normalized spacial score (nSPS) is 11.7. The van der Waals surface area contributed by atoms with Crippen LogP contribution in [-0.2, 0) is 4.79 Å². The molecular weight excluding hydrogens is 411 g/mol. The van der Waals surface area contributed by atoms with Crippen LogP contribution < -0.4 is 4.74 Å². The summed E-state index contributed by atoms with van der Waals surface area (Å²) >= 11 is 0. The summed E-state index contributed by atoms with van der Waals surface area (Å²) in [5.74, 6) is -0.594. The number of imidazole rings is 1. The summed E-state index contributed by atoms with van der Waals surface area (Å²) in [5.41, 5.74) is 3.56. The molecule has 0 radical (unpaired) electrons. The number of aromatic amines is 1. The van der Waals surface area contributed by atoms with Gasteiger partial charge in [-0.3, -0.25) is 4.79 Å². The highest BCUT2D eigenvalue weighted by Crippen LogP contribution is 2.30. The first-order chi connectivity index (χ1) is 15.1. The number of aryl methyl sites for hydroxylation is 2.